The molecule has 0 heterocycles. The molecule has 2 N–H and O–H groups in total. The number of phenols is 1. The molecule has 0 spiro atoms. The van der Waals surface area contributed by atoms with Gasteiger partial charge in [0.05, 0.1) is 0 Å². The SMILES string of the molecule is Cc1ccc(NCc2ccc(C(F)F)cc2)c(C)c1O. The van der Waals surface area contributed by atoms with Crippen LogP contribution in [-0.4, -0.2) is 5.11 Å². The van der Waals surface area contributed by atoms with Gasteiger partial charge in [-0.1, -0.05) is 30.3 Å². The standard InChI is InChI=1S/C16H17F2NO/c1-10-3-8-14(11(2)15(10)20)19-9-12-4-6-13(7-5-12)16(17)18/h3-8,16,19-20H,9H2,1-2H3. The van der Waals surface area contributed by atoms with Crippen LogP contribution in [-0.2, 0) is 6.54 Å². The summed E-state index contributed by atoms with van der Waals surface area (Å²) in [6.07, 6.45) is -2.44. The van der Waals surface area contributed by atoms with E-state index in [-0.39, 0.29) is 11.3 Å². The Hall–Kier alpha value is -2.10. The molecule has 0 aromatic heterocycles. The third-order valence-electron chi connectivity index (χ3n) is 3.35. The minimum absolute atomic E-state index is 0.0258. The molecule has 0 bridgehead atoms. The van der Waals surface area contributed by atoms with Crippen LogP contribution in [0, 0.1) is 13.8 Å². The van der Waals surface area contributed by atoms with E-state index in [2.05, 4.69) is 5.32 Å². The van der Waals surface area contributed by atoms with Crippen LogP contribution in [0.2, 0.25) is 0 Å². The second-order valence-corrected chi connectivity index (χ2v) is 4.80. The highest BCUT2D eigenvalue weighted by atomic mass is 19.3. The van der Waals surface area contributed by atoms with Gasteiger partial charge < -0.3 is 10.4 Å². The van der Waals surface area contributed by atoms with Crippen molar-refractivity contribution in [1.29, 1.82) is 0 Å². The van der Waals surface area contributed by atoms with Crippen LogP contribution in [0.4, 0.5) is 14.5 Å². The number of halogens is 2. The van der Waals surface area contributed by atoms with Crippen molar-refractivity contribution >= 4 is 5.69 Å². The lowest BCUT2D eigenvalue weighted by atomic mass is 10.1. The lowest BCUT2D eigenvalue weighted by molar-refractivity contribution is 0.151. The Kier molecular flexibility index (Phi) is 4.23. The van der Waals surface area contributed by atoms with Crippen molar-refractivity contribution in [1.82, 2.24) is 0 Å². The van der Waals surface area contributed by atoms with Crippen LogP contribution in [0.25, 0.3) is 0 Å². The van der Waals surface area contributed by atoms with Gasteiger partial charge in [0.25, 0.3) is 6.43 Å². The highest BCUT2D eigenvalue weighted by Crippen LogP contribution is 2.28. The summed E-state index contributed by atoms with van der Waals surface area (Å²) >= 11 is 0. The molecule has 0 saturated carbocycles. The first kappa shape index (κ1) is 14.3. The summed E-state index contributed by atoms with van der Waals surface area (Å²) in [7, 11) is 0. The van der Waals surface area contributed by atoms with Crippen molar-refractivity contribution in [2.75, 3.05) is 5.32 Å². The minimum Gasteiger partial charge on any atom is -0.507 e. The largest absolute Gasteiger partial charge is 0.507 e. The zero-order valence-electron chi connectivity index (χ0n) is 11.5. The van der Waals surface area contributed by atoms with Crippen LogP contribution in [0.15, 0.2) is 36.4 Å². The summed E-state index contributed by atoms with van der Waals surface area (Å²) in [5.74, 6) is 0.281. The summed E-state index contributed by atoms with van der Waals surface area (Å²) in [5.41, 5.74) is 3.39. The Balaban J connectivity index is 2.07. The number of alkyl halides is 2. The maximum atomic E-state index is 12.4. The van der Waals surface area contributed by atoms with Gasteiger partial charge in [-0.25, -0.2) is 8.78 Å². The van der Waals surface area contributed by atoms with Crippen molar-refractivity contribution < 1.29 is 13.9 Å². The van der Waals surface area contributed by atoms with Gasteiger partial charge in [0.15, 0.2) is 0 Å². The van der Waals surface area contributed by atoms with Crippen molar-refractivity contribution in [3.8, 4) is 5.75 Å². The Morgan fingerprint density at radius 2 is 1.70 bits per heavy atom. The molecule has 0 aliphatic rings. The van der Waals surface area contributed by atoms with Gasteiger partial charge in [-0.05, 0) is 31.0 Å². The highest BCUT2D eigenvalue weighted by molar-refractivity contribution is 5.59. The van der Waals surface area contributed by atoms with Crippen LogP contribution in [0.1, 0.15) is 28.7 Å². The zero-order valence-corrected chi connectivity index (χ0v) is 11.5. The number of aryl methyl sites for hydroxylation is 1. The normalized spacial score (nSPS) is 10.8. The monoisotopic (exact) mass is 277 g/mol. The van der Waals surface area contributed by atoms with E-state index in [1.54, 1.807) is 12.1 Å². The predicted molar refractivity (Wildman–Crippen MR) is 76.3 cm³/mol. The van der Waals surface area contributed by atoms with Crippen molar-refractivity contribution in [2.45, 2.75) is 26.8 Å². The lowest BCUT2D eigenvalue weighted by Crippen LogP contribution is -2.01. The van der Waals surface area contributed by atoms with Crippen molar-refractivity contribution in [3.63, 3.8) is 0 Å². The fraction of sp³-hybridized carbons (Fsp3) is 0.250. The first-order valence-electron chi connectivity index (χ1n) is 6.39. The van der Waals surface area contributed by atoms with Gasteiger partial charge >= 0.3 is 0 Å². The molecule has 0 unspecified atom stereocenters. The number of hydrogen-bond donors (Lipinski definition) is 2. The van der Waals surface area contributed by atoms with E-state index >= 15 is 0 Å². The number of rotatable bonds is 4. The Morgan fingerprint density at radius 1 is 1.05 bits per heavy atom. The Bertz CT molecular complexity index is 594. The average molecular weight is 277 g/mol. The number of anilines is 1. The molecule has 0 saturated heterocycles. The molecular formula is C16H17F2NO. The quantitative estimate of drug-likeness (QED) is 0.858. The van der Waals surface area contributed by atoms with E-state index in [4.69, 9.17) is 0 Å². The maximum absolute atomic E-state index is 12.4. The topological polar surface area (TPSA) is 32.3 Å². The Morgan fingerprint density at radius 3 is 2.30 bits per heavy atom. The van der Waals surface area contributed by atoms with E-state index in [0.717, 1.165) is 22.4 Å². The molecule has 0 atom stereocenters. The number of aromatic hydroxyl groups is 1. The molecule has 20 heavy (non-hydrogen) atoms. The highest BCUT2D eigenvalue weighted by Gasteiger charge is 2.07. The van der Waals surface area contributed by atoms with E-state index in [1.165, 1.54) is 12.1 Å². The van der Waals surface area contributed by atoms with Gasteiger partial charge in [-0.15, -0.1) is 0 Å². The molecule has 0 aliphatic heterocycles. The molecule has 2 aromatic rings. The molecule has 4 heteroatoms. The molecule has 2 nitrogen and oxygen atoms in total. The predicted octanol–water partition coefficient (Wildman–Crippen LogP) is 4.56. The van der Waals surface area contributed by atoms with Crippen LogP contribution >= 0.6 is 0 Å². The van der Waals surface area contributed by atoms with Gasteiger partial charge in [0.1, 0.15) is 5.75 Å². The second-order valence-electron chi connectivity index (χ2n) is 4.80. The summed E-state index contributed by atoms with van der Waals surface area (Å²) in [6, 6.07) is 9.96. The Labute approximate surface area is 117 Å². The minimum atomic E-state index is -2.44. The first-order chi connectivity index (χ1) is 9.49. The van der Waals surface area contributed by atoms with Crippen molar-refractivity contribution in [3.05, 3.63) is 58.7 Å². The summed E-state index contributed by atoms with van der Waals surface area (Å²) < 4.78 is 24.9. The van der Waals surface area contributed by atoms with Crippen LogP contribution in [0.5, 0.6) is 5.75 Å². The fourth-order valence-corrected chi connectivity index (χ4v) is 2.01. The van der Waals surface area contributed by atoms with Gasteiger partial charge in [-0.3, -0.25) is 0 Å². The van der Waals surface area contributed by atoms with Gasteiger partial charge in [0.2, 0.25) is 0 Å². The van der Waals surface area contributed by atoms with Crippen LogP contribution in [0.3, 0.4) is 0 Å². The molecule has 2 aromatic carbocycles. The molecule has 2 rings (SSSR count). The van der Waals surface area contributed by atoms with E-state index in [1.807, 2.05) is 26.0 Å². The fourth-order valence-electron chi connectivity index (χ4n) is 2.01. The molecular weight excluding hydrogens is 260 g/mol. The smallest absolute Gasteiger partial charge is 0.263 e. The summed E-state index contributed by atoms with van der Waals surface area (Å²) in [5, 5.41) is 13.1. The average Bonchev–Trinajstić information content (AvgIpc) is 2.44. The first-order valence-corrected chi connectivity index (χ1v) is 6.39. The lowest BCUT2D eigenvalue weighted by Gasteiger charge is -2.12. The number of phenolic OH excluding ortho intramolecular Hbond substituents is 1. The zero-order chi connectivity index (χ0) is 14.7. The molecule has 0 aliphatic carbocycles. The van der Waals surface area contributed by atoms with Gasteiger partial charge in [-0.2, -0.15) is 0 Å². The molecule has 0 fully saturated rings. The van der Waals surface area contributed by atoms with Gasteiger partial charge in [0, 0.05) is 23.4 Å². The van der Waals surface area contributed by atoms with Crippen LogP contribution < -0.4 is 5.32 Å². The summed E-state index contributed by atoms with van der Waals surface area (Å²) in [4.78, 5) is 0. The molecule has 0 radical (unpaired) electrons. The molecule has 0 amide bonds. The second kappa shape index (κ2) is 5.90. The third kappa shape index (κ3) is 3.07. The molecule has 106 valence electrons. The number of hydrogen-bond acceptors (Lipinski definition) is 2. The third-order valence-corrected chi connectivity index (χ3v) is 3.35. The number of benzene rings is 2. The van der Waals surface area contributed by atoms with E-state index in [0.29, 0.717) is 6.54 Å². The summed E-state index contributed by atoms with van der Waals surface area (Å²) in [6.45, 7) is 4.20. The van der Waals surface area contributed by atoms with E-state index < -0.39 is 6.43 Å². The number of nitrogens with one attached hydrogen (secondary N) is 1. The maximum Gasteiger partial charge on any atom is 0.263 e. The van der Waals surface area contributed by atoms with E-state index in [9.17, 15) is 13.9 Å². The van der Waals surface area contributed by atoms with Crippen molar-refractivity contribution in [2.24, 2.45) is 0 Å².